The zero-order valence-corrected chi connectivity index (χ0v) is 14.0. The van der Waals surface area contributed by atoms with Gasteiger partial charge in [0.15, 0.2) is 0 Å². The third-order valence-corrected chi connectivity index (χ3v) is 3.88. The van der Waals surface area contributed by atoms with Gasteiger partial charge < -0.3 is 14.7 Å². The average molecular weight is 319 g/mol. The highest BCUT2D eigenvalue weighted by molar-refractivity contribution is 5.81. The van der Waals surface area contributed by atoms with Gasteiger partial charge >= 0.3 is 5.97 Å². The van der Waals surface area contributed by atoms with E-state index >= 15 is 0 Å². The molecule has 0 aliphatic heterocycles. The number of ether oxygens (including phenoxy) is 1. The summed E-state index contributed by atoms with van der Waals surface area (Å²) < 4.78 is 5.76. The number of benzene rings is 1. The van der Waals surface area contributed by atoms with E-state index in [-0.39, 0.29) is 31.0 Å². The molecule has 5 nitrogen and oxygen atoms in total. The number of carbonyl (C=O) groups is 2. The predicted octanol–water partition coefficient (Wildman–Crippen LogP) is 2.73. The molecule has 0 aromatic heterocycles. The van der Waals surface area contributed by atoms with E-state index < -0.39 is 11.9 Å². The molecule has 1 aliphatic rings. The lowest BCUT2D eigenvalue weighted by Crippen LogP contribution is -2.39. The van der Waals surface area contributed by atoms with Crippen LogP contribution in [0.4, 0.5) is 0 Å². The molecule has 1 fully saturated rings. The Morgan fingerprint density at radius 2 is 1.91 bits per heavy atom. The molecular formula is C18H25NO4. The predicted molar refractivity (Wildman–Crippen MR) is 87.4 cm³/mol. The SMILES string of the molecule is CC(C)Oc1ccccc1CC(=O)N(CC(C)C(=O)O)C1CC1. The fraction of sp³-hybridized carbons (Fsp3) is 0.556. The number of carboxylic acid groups (broad SMARTS) is 1. The molecule has 23 heavy (non-hydrogen) atoms. The van der Waals surface area contributed by atoms with Crippen molar-refractivity contribution < 1.29 is 19.4 Å². The second-order valence-electron chi connectivity index (χ2n) is 6.47. The summed E-state index contributed by atoms with van der Waals surface area (Å²) >= 11 is 0. The zero-order chi connectivity index (χ0) is 17.0. The Labute approximate surface area is 137 Å². The normalized spacial score (nSPS) is 15.3. The summed E-state index contributed by atoms with van der Waals surface area (Å²) in [4.78, 5) is 25.5. The minimum Gasteiger partial charge on any atom is -0.491 e. The standard InChI is InChI=1S/C18H25NO4/c1-12(2)23-16-7-5-4-6-14(16)10-17(20)19(15-8-9-15)11-13(3)18(21)22/h4-7,12-13,15H,8-11H2,1-3H3,(H,21,22). The number of carbonyl (C=O) groups excluding carboxylic acids is 1. The number of para-hydroxylation sites is 1. The first kappa shape index (κ1) is 17.3. The second-order valence-corrected chi connectivity index (χ2v) is 6.47. The fourth-order valence-electron chi connectivity index (χ4n) is 2.50. The molecule has 1 saturated carbocycles. The van der Waals surface area contributed by atoms with Gasteiger partial charge in [0, 0.05) is 18.2 Å². The first-order chi connectivity index (χ1) is 10.9. The molecule has 1 atom stereocenters. The van der Waals surface area contributed by atoms with Crippen molar-refractivity contribution in [3.63, 3.8) is 0 Å². The molecule has 5 heteroatoms. The first-order valence-electron chi connectivity index (χ1n) is 8.15. The summed E-state index contributed by atoms with van der Waals surface area (Å²) in [5.74, 6) is -0.730. The Balaban J connectivity index is 2.08. The highest BCUT2D eigenvalue weighted by atomic mass is 16.5. The average Bonchev–Trinajstić information content (AvgIpc) is 3.30. The second kappa shape index (κ2) is 7.49. The van der Waals surface area contributed by atoms with Gasteiger partial charge in [-0.05, 0) is 32.8 Å². The quantitative estimate of drug-likeness (QED) is 0.800. The number of aliphatic carboxylic acids is 1. The molecule has 2 rings (SSSR count). The summed E-state index contributed by atoms with van der Waals surface area (Å²) in [7, 11) is 0. The maximum Gasteiger partial charge on any atom is 0.308 e. The van der Waals surface area contributed by atoms with Crippen LogP contribution < -0.4 is 4.74 Å². The van der Waals surface area contributed by atoms with Crippen molar-refractivity contribution in [1.82, 2.24) is 4.90 Å². The van der Waals surface area contributed by atoms with Crippen LogP contribution in [0.15, 0.2) is 24.3 Å². The maximum atomic E-state index is 12.7. The van der Waals surface area contributed by atoms with Crippen LogP contribution in [0.1, 0.15) is 39.2 Å². The third kappa shape index (κ3) is 4.98. The van der Waals surface area contributed by atoms with E-state index in [9.17, 15) is 9.59 Å². The highest BCUT2D eigenvalue weighted by Crippen LogP contribution is 2.29. The van der Waals surface area contributed by atoms with Crippen LogP contribution >= 0.6 is 0 Å². The molecule has 1 aromatic carbocycles. The van der Waals surface area contributed by atoms with E-state index in [0.717, 1.165) is 24.2 Å². The number of rotatable bonds is 8. The van der Waals surface area contributed by atoms with E-state index in [2.05, 4.69) is 0 Å². The Kier molecular flexibility index (Phi) is 5.64. The smallest absolute Gasteiger partial charge is 0.308 e. The van der Waals surface area contributed by atoms with Gasteiger partial charge in [0.25, 0.3) is 0 Å². The van der Waals surface area contributed by atoms with Crippen molar-refractivity contribution in [2.75, 3.05) is 6.54 Å². The first-order valence-corrected chi connectivity index (χ1v) is 8.15. The van der Waals surface area contributed by atoms with E-state index in [1.54, 1.807) is 11.8 Å². The van der Waals surface area contributed by atoms with E-state index in [1.807, 2.05) is 38.1 Å². The molecule has 1 unspecified atom stereocenters. The Morgan fingerprint density at radius 1 is 1.26 bits per heavy atom. The molecule has 126 valence electrons. The molecule has 1 aliphatic carbocycles. The van der Waals surface area contributed by atoms with Crippen molar-refractivity contribution in [3.8, 4) is 5.75 Å². The van der Waals surface area contributed by atoms with Crippen LogP contribution in [-0.4, -0.2) is 40.6 Å². The van der Waals surface area contributed by atoms with Crippen LogP contribution in [0.2, 0.25) is 0 Å². The largest absolute Gasteiger partial charge is 0.491 e. The van der Waals surface area contributed by atoms with Crippen molar-refractivity contribution >= 4 is 11.9 Å². The lowest BCUT2D eigenvalue weighted by atomic mass is 10.1. The summed E-state index contributed by atoms with van der Waals surface area (Å²) in [5.41, 5.74) is 0.847. The molecule has 0 spiro atoms. The minimum absolute atomic E-state index is 0.0274. The number of hydrogen-bond acceptors (Lipinski definition) is 3. The molecule has 1 aromatic rings. The fourth-order valence-corrected chi connectivity index (χ4v) is 2.50. The van der Waals surface area contributed by atoms with Crippen LogP contribution in [0.25, 0.3) is 0 Å². The van der Waals surface area contributed by atoms with E-state index in [0.29, 0.717) is 0 Å². The van der Waals surface area contributed by atoms with E-state index in [1.165, 1.54) is 0 Å². The maximum absolute atomic E-state index is 12.7. The lowest BCUT2D eigenvalue weighted by Gasteiger charge is -2.25. The third-order valence-electron chi connectivity index (χ3n) is 3.88. The topological polar surface area (TPSA) is 66.8 Å². The summed E-state index contributed by atoms with van der Waals surface area (Å²) in [5, 5.41) is 9.09. The number of amides is 1. The molecule has 0 bridgehead atoms. The highest BCUT2D eigenvalue weighted by Gasteiger charge is 2.34. The van der Waals surface area contributed by atoms with Gasteiger partial charge in [0.05, 0.1) is 18.4 Å². The monoisotopic (exact) mass is 319 g/mol. The van der Waals surface area contributed by atoms with Gasteiger partial charge in [-0.2, -0.15) is 0 Å². The number of hydrogen-bond donors (Lipinski definition) is 1. The van der Waals surface area contributed by atoms with Crippen molar-refractivity contribution in [3.05, 3.63) is 29.8 Å². The molecular weight excluding hydrogens is 294 g/mol. The Hall–Kier alpha value is -2.04. The van der Waals surface area contributed by atoms with Gasteiger partial charge in [-0.1, -0.05) is 25.1 Å². The van der Waals surface area contributed by atoms with Crippen LogP contribution in [0.3, 0.4) is 0 Å². The molecule has 0 radical (unpaired) electrons. The van der Waals surface area contributed by atoms with Crippen molar-refractivity contribution in [2.24, 2.45) is 5.92 Å². The number of carboxylic acids is 1. The molecule has 1 N–H and O–H groups in total. The summed E-state index contributed by atoms with van der Waals surface area (Å²) in [6.07, 6.45) is 2.20. The van der Waals surface area contributed by atoms with Gasteiger partial charge in [0.1, 0.15) is 5.75 Å². The Bertz CT molecular complexity index is 566. The summed E-state index contributed by atoms with van der Waals surface area (Å²) in [6, 6.07) is 7.72. The van der Waals surface area contributed by atoms with Crippen LogP contribution in [0, 0.1) is 5.92 Å². The van der Waals surface area contributed by atoms with Crippen LogP contribution in [0.5, 0.6) is 5.75 Å². The number of nitrogens with zero attached hydrogens (tertiary/aromatic N) is 1. The summed E-state index contributed by atoms with van der Waals surface area (Å²) in [6.45, 7) is 5.81. The van der Waals surface area contributed by atoms with Gasteiger partial charge in [-0.3, -0.25) is 9.59 Å². The lowest BCUT2D eigenvalue weighted by molar-refractivity contribution is -0.143. The van der Waals surface area contributed by atoms with E-state index in [4.69, 9.17) is 9.84 Å². The minimum atomic E-state index is -0.869. The molecule has 1 amide bonds. The van der Waals surface area contributed by atoms with Crippen LogP contribution in [-0.2, 0) is 16.0 Å². The van der Waals surface area contributed by atoms with Gasteiger partial charge in [-0.25, -0.2) is 0 Å². The Morgan fingerprint density at radius 3 is 2.48 bits per heavy atom. The van der Waals surface area contributed by atoms with Gasteiger partial charge in [-0.15, -0.1) is 0 Å². The zero-order valence-electron chi connectivity index (χ0n) is 14.0. The molecule has 0 saturated heterocycles. The van der Waals surface area contributed by atoms with Crippen molar-refractivity contribution in [2.45, 2.75) is 52.2 Å². The van der Waals surface area contributed by atoms with Crippen molar-refractivity contribution in [1.29, 1.82) is 0 Å². The molecule has 0 heterocycles. The van der Waals surface area contributed by atoms with Gasteiger partial charge in [0.2, 0.25) is 5.91 Å².